The molecule has 0 aromatic heterocycles. The molecular formula is C6H11ClN2O2. The zero-order valence-electron chi connectivity index (χ0n) is 6.46. The summed E-state index contributed by atoms with van der Waals surface area (Å²) in [7, 11) is 3.18. The number of nitrogens with one attached hydrogen (secondary N) is 1. The maximum atomic E-state index is 11.0. The smallest absolute Gasteiger partial charge is 0.246 e. The number of amides is 2. The number of hydrogen-bond donors (Lipinski definition) is 1. The lowest BCUT2D eigenvalue weighted by Crippen LogP contribution is -2.34. The van der Waals surface area contributed by atoms with Gasteiger partial charge in [-0.05, 0) is 7.05 Å². The van der Waals surface area contributed by atoms with Crippen molar-refractivity contribution in [3.05, 3.63) is 0 Å². The zero-order chi connectivity index (χ0) is 7.72. The Kier molecular flexibility index (Phi) is 3.48. The van der Waals surface area contributed by atoms with Gasteiger partial charge in [0.15, 0.2) is 0 Å². The minimum absolute atomic E-state index is 0. The quantitative estimate of drug-likeness (QED) is 0.545. The van der Waals surface area contributed by atoms with Gasteiger partial charge in [-0.15, -0.1) is 12.4 Å². The molecule has 1 fully saturated rings. The van der Waals surface area contributed by atoms with Crippen LogP contribution in [0.5, 0.6) is 0 Å². The fourth-order valence-corrected chi connectivity index (χ4v) is 0.981. The molecule has 1 atom stereocenters. The summed E-state index contributed by atoms with van der Waals surface area (Å²) in [6.45, 7) is 0. The van der Waals surface area contributed by atoms with Crippen molar-refractivity contribution in [1.82, 2.24) is 10.2 Å². The number of halogens is 1. The van der Waals surface area contributed by atoms with Gasteiger partial charge in [-0.3, -0.25) is 14.5 Å². The van der Waals surface area contributed by atoms with Crippen LogP contribution in [0, 0.1) is 0 Å². The topological polar surface area (TPSA) is 49.4 Å². The van der Waals surface area contributed by atoms with Gasteiger partial charge in [0.25, 0.3) is 0 Å². The van der Waals surface area contributed by atoms with E-state index in [0.29, 0.717) is 6.42 Å². The predicted octanol–water partition coefficient (Wildman–Crippen LogP) is -0.615. The molecule has 0 bridgehead atoms. The number of nitrogens with zero attached hydrogens (tertiary/aromatic N) is 1. The van der Waals surface area contributed by atoms with Gasteiger partial charge >= 0.3 is 0 Å². The molecule has 1 rings (SSSR count). The van der Waals surface area contributed by atoms with Crippen LogP contribution in [0.2, 0.25) is 0 Å². The first kappa shape index (κ1) is 10.4. The number of rotatable bonds is 1. The second-order valence-electron chi connectivity index (χ2n) is 2.34. The summed E-state index contributed by atoms with van der Waals surface area (Å²) >= 11 is 0. The Balaban J connectivity index is 0.000001000. The molecular weight excluding hydrogens is 168 g/mol. The Morgan fingerprint density at radius 2 is 2.09 bits per heavy atom. The molecule has 1 aliphatic heterocycles. The first-order chi connectivity index (χ1) is 4.66. The van der Waals surface area contributed by atoms with Crippen LogP contribution in [0.25, 0.3) is 0 Å². The van der Waals surface area contributed by atoms with E-state index < -0.39 is 0 Å². The Hall–Kier alpha value is -0.610. The van der Waals surface area contributed by atoms with Crippen LogP contribution in [-0.4, -0.2) is 36.9 Å². The van der Waals surface area contributed by atoms with Gasteiger partial charge in [0.05, 0.1) is 12.5 Å². The van der Waals surface area contributed by atoms with Gasteiger partial charge in [-0.2, -0.15) is 0 Å². The second-order valence-corrected chi connectivity index (χ2v) is 2.34. The maximum absolute atomic E-state index is 11.0. The van der Waals surface area contributed by atoms with E-state index in [1.54, 1.807) is 7.05 Å². The van der Waals surface area contributed by atoms with Gasteiger partial charge in [0.2, 0.25) is 11.8 Å². The highest BCUT2D eigenvalue weighted by atomic mass is 35.5. The molecule has 5 heteroatoms. The van der Waals surface area contributed by atoms with Gasteiger partial charge in [0.1, 0.15) is 0 Å². The van der Waals surface area contributed by atoms with E-state index in [1.165, 1.54) is 7.05 Å². The minimum atomic E-state index is -0.294. The zero-order valence-corrected chi connectivity index (χ0v) is 7.27. The van der Waals surface area contributed by atoms with Crippen molar-refractivity contribution in [2.75, 3.05) is 14.1 Å². The molecule has 4 nitrogen and oxygen atoms in total. The first-order valence-corrected chi connectivity index (χ1v) is 3.14. The lowest BCUT2D eigenvalue weighted by atomic mass is 10.2. The summed E-state index contributed by atoms with van der Waals surface area (Å²) < 4.78 is 0. The molecule has 64 valence electrons. The van der Waals surface area contributed by atoms with Crippen LogP contribution < -0.4 is 5.32 Å². The number of imide groups is 1. The fourth-order valence-electron chi connectivity index (χ4n) is 0.981. The molecule has 0 aromatic carbocycles. The molecule has 1 N–H and O–H groups in total. The normalized spacial score (nSPS) is 23.8. The summed E-state index contributed by atoms with van der Waals surface area (Å²) in [5.74, 6) is -0.239. The van der Waals surface area contributed by atoms with Crippen LogP contribution in [0.1, 0.15) is 6.42 Å². The van der Waals surface area contributed by atoms with Crippen LogP contribution >= 0.6 is 12.4 Å². The monoisotopic (exact) mass is 178 g/mol. The van der Waals surface area contributed by atoms with Crippen molar-refractivity contribution in [2.45, 2.75) is 12.5 Å². The Morgan fingerprint density at radius 3 is 2.27 bits per heavy atom. The molecule has 1 saturated heterocycles. The Labute approximate surface area is 71.3 Å². The molecule has 1 heterocycles. The Morgan fingerprint density at radius 1 is 1.55 bits per heavy atom. The minimum Gasteiger partial charge on any atom is -0.308 e. The number of carbonyl (C=O) groups is 2. The van der Waals surface area contributed by atoms with E-state index in [-0.39, 0.29) is 30.3 Å². The number of likely N-dealkylation sites (tertiary alicyclic amines) is 1. The fraction of sp³-hybridized carbons (Fsp3) is 0.667. The van der Waals surface area contributed by atoms with Crippen LogP contribution in [0.3, 0.4) is 0 Å². The standard InChI is InChI=1S/C6H10N2O2.ClH/c1-7-4-3-5(9)8(2)6(4)10;/h4,7H,3H2,1-2H3;1H. The average Bonchev–Trinajstić information content (AvgIpc) is 2.17. The van der Waals surface area contributed by atoms with Crippen LogP contribution in [0.15, 0.2) is 0 Å². The van der Waals surface area contributed by atoms with Gasteiger partial charge in [-0.25, -0.2) is 0 Å². The van der Waals surface area contributed by atoms with Crippen molar-refractivity contribution in [3.8, 4) is 0 Å². The summed E-state index contributed by atoms with van der Waals surface area (Å²) in [4.78, 5) is 23.0. The molecule has 0 aromatic rings. The molecule has 0 radical (unpaired) electrons. The highest BCUT2D eigenvalue weighted by Crippen LogP contribution is 2.08. The molecule has 11 heavy (non-hydrogen) atoms. The van der Waals surface area contributed by atoms with E-state index in [1.807, 2.05) is 0 Å². The molecule has 2 amide bonds. The third-order valence-electron chi connectivity index (χ3n) is 1.73. The molecule has 0 spiro atoms. The van der Waals surface area contributed by atoms with Gasteiger partial charge in [-0.1, -0.05) is 0 Å². The van der Waals surface area contributed by atoms with Crippen LogP contribution in [-0.2, 0) is 9.59 Å². The average molecular weight is 179 g/mol. The number of carbonyl (C=O) groups excluding carboxylic acids is 2. The highest BCUT2D eigenvalue weighted by molar-refractivity contribution is 6.05. The van der Waals surface area contributed by atoms with Gasteiger partial charge < -0.3 is 5.32 Å². The van der Waals surface area contributed by atoms with Crippen molar-refractivity contribution < 1.29 is 9.59 Å². The summed E-state index contributed by atoms with van der Waals surface area (Å²) in [6.07, 6.45) is 0.297. The summed E-state index contributed by atoms with van der Waals surface area (Å²) in [5.41, 5.74) is 0. The van der Waals surface area contributed by atoms with Crippen molar-refractivity contribution in [2.24, 2.45) is 0 Å². The van der Waals surface area contributed by atoms with Crippen molar-refractivity contribution in [1.29, 1.82) is 0 Å². The van der Waals surface area contributed by atoms with Gasteiger partial charge in [0, 0.05) is 7.05 Å². The van der Waals surface area contributed by atoms with E-state index >= 15 is 0 Å². The summed E-state index contributed by atoms with van der Waals surface area (Å²) in [6, 6.07) is -0.294. The van der Waals surface area contributed by atoms with Crippen LogP contribution in [0.4, 0.5) is 0 Å². The van der Waals surface area contributed by atoms with Crippen molar-refractivity contribution in [3.63, 3.8) is 0 Å². The van der Waals surface area contributed by atoms with E-state index in [9.17, 15) is 9.59 Å². The summed E-state index contributed by atoms with van der Waals surface area (Å²) in [5, 5.41) is 2.76. The largest absolute Gasteiger partial charge is 0.308 e. The molecule has 1 unspecified atom stereocenters. The molecule has 1 aliphatic rings. The highest BCUT2D eigenvalue weighted by Gasteiger charge is 2.34. The van der Waals surface area contributed by atoms with Crippen molar-refractivity contribution >= 4 is 24.2 Å². The third kappa shape index (κ3) is 1.70. The molecule has 0 aliphatic carbocycles. The number of likely N-dealkylation sites (N-methyl/N-ethyl adjacent to an activating group) is 2. The second kappa shape index (κ2) is 3.69. The maximum Gasteiger partial charge on any atom is 0.246 e. The Bertz CT molecular complexity index is 183. The lowest BCUT2D eigenvalue weighted by molar-refractivity contribution is -0.137. The van der Waals surface area contributed by atoms with E-state index in [0.717, 1.165) is 4.90 Å². The number of hydrogen-bond acceptors (Lipinski definition) is 3. The van der Waals surface area contributed by atoms with E-state index in [2.05, 4.69) is 5.32 Å². The SMILES string of the molecule is CNC1CC(=O)N(C)C1=O.Cl. The molecule has 0 saturated carbocycles. The van der Waals surface area contributed by atoms with E-state index in [4.69, 9.17) is 0 Å². The first-order valence-electron chi connectivity index (χ1n) is 3.14. The predicted molar refractivity (Wildman–Crippen MR) is 42.5 cm³/mol. The lowest BCUT2D eigenvalue weighted by Gasteiger charge is -2.06. The third-order valence-corrected chi connectivity index (χ3v) is 1.73.